The quantitative estimate of drug-likeness (QED) is 0.339. The van der Waals surface area contributed by atoms with Gasteiger partial charge in [-0.25, -0.2) is 0 Å². The van der Waals surface area contributed by atoms with Crippen LogP contribution in [-0.2, 0) is 18.6 Å². The van der Waals surface area contributed by atoms with Gasteiger partial charge < -0.3 is 17.8 Å². The van der Waals surface area contributed by atoms with Gasteiger partial charge in [0.05, 0.1) is 0 Å². The van der Waals surface area contributed by atoms with Crippen LogP contribution in [0.2, 0.25) is 0 Å². The number of rotatable bonds is 1. The van der Waals surface area contributed by atoms with Gasteiger partial charge in [-0.1, -0.05) is 0 Å². The summed E-state index contributed by atoms with van der Waals surface area (Å²) in [6, 6.07) is 0. The van der Waals surface area contributed by atoms with Crippen molar-refractivity contribution < 1.29 is 18.6 Å². The molecule has 5 heavy (non-hydrogen) atoms. The fourth-order valence-electron chi connectivity index (χ4n) is 0. The molecule has 0 aliphatic rings. The molecule has 2 heteroatoms. The predicted molar refractivity (Wildman–Crippen MR) is 17.4 cm³/mol. The molecule has 0 fully saturated rings. The molecule has 0 unspecified atom stereocenters. The van der Waals surface area contributed by atoms with Crippen molar-refractivity contribution in [2.24, 2.45) is 4.99 Å². The van der Waals surface area contributed by atoms with Crippen LogP contribution in [0, 0.1) is 6.58 Å². The van der Waals surface area contributed by atoms with Gasteiger partial charge >= 0.3 is 18.6 Å². The van der Waals surface area contributed by atoms with Crippen LogP contribution >= 0.6 is 0 Å². The van der Waals surface area contributed by atoms with E-state index in [1.807, 2.05) is 0 Å². The molecule has 0 aromatic carbocycles. The molecule has 0 spiro atoms. The van der Waals surface area contributed by atoms with Crippen molar-refractivity contribution in [2.45, 2.75) is 0 Å². The zero-order chi connectivity index (χ0) is 3.41. The Hall–Kier alpha value is -0.00558. The summed E-state index contributed by atoms with van der Waals surface area (Å²) < 4.78 is 0. The van der Waals surface area contributed by atoms with Gasteiger partial charge in [-0.05, 0) is 0 Å². The maximum atomic E-state index is 4.61. The fraction of sp³-hybridized carbons (Fsp3) is 0. The van der Waals surface area contributed by atoms with Crippen molar-refractivity contribution in [3.63, 3.8) is 0 Å². The van der Waals surface area contributed by atoms with Gasteiger partial charge in [0.2, 0.25) is 0 Å². The molecule has 0 N–H and O–H groups in total. The number of aliphatic imine (C=N–C) groups is 1. The second kappa shape index (κ2) is 9.00. The second-order valence-corrected chi connectivity index (χ2v) is 0.298. The minimum absolute atomic E-state index is 0. The molecule has 1 nitrogen and oxygen atoms in total. The van der Waals surface area contributed by atoms with Crippen molar-refractivity contribution >= 4 is 6.72 Å². The molecule has 1 radical (unpaired) electrons. The Bertz CT molecular complexity index is 27.9. The van der Waals surface area contributed by atoms with E-state index in [-0.39, 0.29) is 18.6 Å². The van der Waals surface area contributed by atoms with E-state index >= 15 is 0 Å². The first-order valence-corrected chi connectivity index (χ1v) is 0.850. The van der Waals surface area contributed by atoms with E-state index in [1.54, 1.807) is 0 Å². The van der Waals surface area contributed by atoms with Crippen LogP contribution < -0.4 is 0 Å². The Morgan fingerprint density at radius 1 is 1.60 bits per heavy atom. The summed E-state index contributed by atoms with van der Waals surface area (Å²) in [5.41, 5.74) is 0. The molecule has 0 aliphatic heterocycles. The molecule has 0 amide bonds. The monoisotopic (exact) mass is 104 g/mol. The molecular weight excluding hydrogens is 101 g/mol. The molecule has 0 heterocycles. The van der Waals surface area contributed by atoms with Gasteiger partial charge in [0.25, 0.3) is 0 Å². The molecule has 0 aromatic rings. The zero-order valence-electron chi connectivity index (χ0n) is 2.63. The van der Waals surface area contributed by atoms with Crippen molar-refractivity contribution in [1.82, 2.24) is 0 Å². The van der Waals surface area contributed by atoms with Crippen LogP contribution in [0.15, 0.2) is 11.2 Å². The predicted octanol–water partition coefficient (Wildman–Crippen LogP) is 0.508. The molecular formula is C3H3NV. The normalized spacial score (nSPS) is 4.00. The van der Waals surface area contributed by atoms with E-state index in [2.05, 4.69) is 18.3 Å². The molecule has 0 bridgehead atoms. The molecule has 0 aromatic heterocycles. The first kappa shape index (κ1) is 8.89. The number of hydrogen-bond acceptors (Lipinski definition) is 1. The van der Waals surface area contributed by atoms with E-state index in [0.29, 0.717) is 0 Å². The smallest absolute Gasteiger partial charge is 0.601 e. The SMILES string of the molecule is [CH-]=CN=[CH-].[V+2]. The van der Waals surface area contributed by atoms with Gasteiger partial charge in [0, 0.05) is 0 Å². The van der Waals surface area contributed by atoms with Crippen molar-refractivity contribution in [1.29, 1.82) is 0 Å². The Labute approximate surface area is 43.7 Å². The Morgan fingerprint density at radius 3 is 1.80 bits per heavy atom. The molecule has 0 rings (SSSR count). The van der Waals surface area contributed by atoms with Crippen LogP contribution in [0.5, 0.6) is 0 Å². The summed E-state index contributed by atoms with van der Waals surface area (Å²) in [5, 5.41) is 0. The first-order valence-electron chi connectivity index (χ1n) is 0.850. The third kappa shape index (κ3) is 16.1. The minimum Gasteiger partial charge on any atom is -0.601 e. The largest absolute Gasteiger partial charge is 2.00 e. The molecule has 0 atom stereocenters. The minimum atomic E-state index is 0. The van der Waals surface area contributed by atoms with Gasteiger partial charge in [-0.3, -0.25) is 0 Å². The van der Waals surface area contributed by atoms with Crippen LogP contribution in [-0.4, -0.2) is 6.72 Å². The van der Waals surface area contributed by atoms with Crippen LogP contribution in [0.3, 0.4) is 0 Å². The summed E-state index contributed by atoms with van der Waals surface area (Å²) in [5.74, 6) is 0. The van der Waals surface area contributed by atoms with Crippen molar-refractivity contribution in [2.75, 3.05) is 0 Å². The average molecular weight is 104 g/mol. The summed E-state index contributed by atoms with van der Waals surface area (Å²) in [6.45, 7) is 9.08. The third-order valence-corrected chi connectivity index (χ3v) is 0.0861. The van der Waals surface area contributed by atoms with Gasteiger partial charge in [0.15, 0.2) is 0 Å². The van der Waals surface area contributed by atoms with E-state index < -0.39 is 0 Å². The van der Waals surface area contributed by atoms with Crippen LogP contribution in [0.4, 0.5) is 0 Å². The van der Waals surface area contributed by atoms with Gasteiger partial charge in [-0.15, -0.1) is 0 Å². The van der Waals surface area contributed by atoms with Crippen molar-refractivity contribution in [3.05, 3.63) is 12.8 Å². The standard InChI is InChI=1S/C3H3N.V/c1-3-4-2;/h1-3H;/q-2;+2. The molecule has 0 aliphatic carbocycles. The van der Waals surface area contributed by atoms with Crippen molar-refractivity contribution in [3.8, 4) is 0 Å². The Morgan fingerprint density at radius 2 is 1.80 bits per heavy atom. The van der Waals surface area contributed by atoms with Crippen LogP contribution in [0.1, 0.15) is 0 Å². The third-order valence-electron chi connectivity index (χ3n) is 0.0861. The van der Waals surface area contributed by atoms with Gasteiger partial charge in [0.1, 0.15) is 0 Å². The van der Waals surface area contributed by atoms with E-state index in [4.69, 9.17) is 0 Å². The molecule has 0 saturated carbocycles. The average Bonchev–Trinajstić information content (AvgIpc) is 1.37. The summed E-state index contributed by atoms with van der Waals surface area (Å²) >= 11 is 0. The van der Waals surface area contributed by atoms with E-state index in [0.717, 1.165) is 6.20 Å². The topological polar surface area (TPSA) is 12.4 Å². The Kier molecular flexibility index (Phi) is 16.0. The van der Waals surface area contributed by atoms with Crippen LogP contribution in [0.25, 0.3) is 0 Å². The fourth-order valence-corrected chi connectivity index (χ4v) is 0. The van der Waals surface area contributed by atoms with E-state index in [9.17, 15) is 0 Å². The zero-order valence-corrected chi connectivity index (χ0v) is 4.02. The maximum absolute atomic E-state index is 4.61. The number of nitrogens with zero attached hydrogens (tertiary/aromatic N) is 1. The summed E-state index contributed by atoms with van der Waals surface area (Å²) in [7, 11) is 0. The maximum Gasteiger partial charge on any atom is 2.00 e. The Balaban J connectivity index is 0. The molecule has 0 saturated heterocycles. The van der Waals surface area contributed by atoms with Gasteiger partial charge in [-0.2, -0.15) is 6.72 Å². The second-order valence-electron chi connectivity index (χ2n) is 0.298. The number of hydrogen-bond donors (Lipinski definition) is 0. The molecule has 25 valence electrons. The summed E-state index contributed by atoms with van der Waals surface area (Å²) in [4.78, 5) is 2.89. The summed E-state index contributed by atoms with van der Waals surface area (Å²) in [6.07, 6.45) is 1.03. The van der Waals surface area contributed by atoms with E-state index in [1.165, 1.54) is 0 Å². The first-order chi connectivity index (χ1) is 1.91.